The van der Waals surface area contributed by atoms with E-state index >= 15 is 0 Å². The van der Waals surface area contributed by atoms with Crippen molar-refractivity contribution < 1.29 is 23.8 Å². The van der Waals surface area contributed by atoms with Crippen LogP contribution in [0.2, 0.25) is 0 Å². The van der Waals surface area contributed by atoms with Gasteiger partial charge in [0.25, 0.3) is 5.91 Å². The van der Waals surface area contributed by atoms with Gasteiger partial charge in [0.05, 0.1) is 33.3 Å². The average Bonchev–Trinajstić information content (AvgIpc) is 3.12. The molecule has 3 rings (SSSR count). The number of primary amides is 1. The van der Waals surface area contributed by atoms with Gasteiger partial charge in [-0.15, -0.1) is 0 Å². The molecule has 0 bridgehead atoms. The zero-order valence-corrected chi connectivity index (χ0v) is 20.4. The van der Waals surface area contributed by atoms with Crippen LogP contribution >= 0.6 is 0 Å². The molecule has 180 valence electrons. The largest absolute Gasteiger partial charge is 0.493 e. The highest BCUT2D eigenvalue weighted by Gasteiger charge is 2.25. The van der Waals surface area contributed by atoms with Crippen molar-refractivity contribution >= 4 is 11.9 Å². The molecule has 0 aliphatic carbocycles. The highest BCUT2D eigenvalue weighted by Crippen LogP contribution is 2.35. The van der Waals surface area contributed by atoms with E-state index in [0.29, 0.717) is 36.4 Å². The zero-order chi connectivity index (χ0) is 24.8. The van der Waals surface area contributed by atoms with Crippen molar-refractivity contribution in [2.45, 2.75) is 39.7 Å². The van der Waals surface area contributed by atoms with E-state index in [9.17, 15) is 9.59 Å². The molecular weight excluding hydrogens is 432 g/mol. The molecule has 34 heavy (non-hydrogen) atoms. The third-order valence-corrected chi connectivity index (χ3v) is 6.08. The molecule has 0 saturated heterocycles. The third-order valence-electron chi connectivity index (χ3n) is 6.08. The quantitative estimate of drug-likeness (QED) is 0.453. The second-order valence-electron chi connectivity index (χ2n) is 8.18. The first-order chi connectivity index (χ1) is 16.3. The fraction of sp³-hybridized carbons (Fsp3) is 0.333. The van der Waals surface area contributed by atoms with Gasteiger partial charge in [-0.2, -0.15) is 0 Å². The predicted molar refractivity (Wildman–Crippen MR) is 131 cm³/mol. The van der Waals surface area contributed by atoms with Crippen LogP contribution in [0.4, 0.5) is 0 Å². The van der Waals surface area contributed by atoms with Gasteiger partial charge in [0.1, 0.15) is 0 Å². The summed E-state index contributed by atoms with van der Waals surface area (Å²) >= 11 is 0. The van der Waals surface area contributed by atoms with Crippen LogP contribution in [0, 0.1) is 13.8 Å². The van der Waals surface area contributed by atoms with E-state index in [0.717, 1.165) is 33.6 Å². The maximum atomic E-state index is 12.6. The smallest absolute Gasteiger partial charge is 0.305 e. The number of benzene rings is 2. The summed E-state index contributed by atoms with van der Waals surface area (Å²) in [6.07, 6.45) is 1.32. The van der Waals surface area contributed by atoms with Gasteiger partial charge in [0.2, 0.25) is 0 Å². The Morgan fingerprint density at radius 1 is 0.912 bits per heavy atom. The Hall–Kier alpha value is -3.74. The van der Waals surface area contributed by atoms with E-state index in [-0.39, 0.29) is 12.4 Å². The third kappa shape index (κ3) is 5.25. The Labute approximate surface area is 200 Å². The highest BCUT2D eigenvalue weighted by molar-refractivity contribution is 6.02. The normalized spacial score (nSPS) is 10.7. The predicted octanol–water partition coefficient (Wildman–Crippen LogP) is 4.24. The van der Waals surface area contributed by atoms with Crippen molar-refractivity contribution in [1.29, 1.82) is 0 Å². The van der Waals surface area contributed by atoms with Crippen LogP contribution in [0.1, 0.15) is 39.3 Å². The summed E-state index contributed by atoms with van der Waals surface area (Å²) in [5.74, 6) is 0.534. The van der Waals surface area contributed by atoms with Crippen LogP contribution in [0.25, 0.3) is 11.1 Å². The fourth-order valence-corrected chi connectivity index (χ4v) is 4.29. The zero-order valence-electron chi connectivity index (χ0n) is 20.4. The molecule has 0 unspecified atom stereocenters. The molecule has 0 atom stereocenters. The van der Waals surface area contributed by atoms with Crippen molar-refractivity contribution in [2.75, 3.05) is 21.3 Å². The number of amides is 1. The maximum absolute atomic E-state index is 12.6. The van der Waals surface area contributed by atoms with Crippen molar-refractivity contribution in [3.05, 3.63) is 70.5 Å². The van der Waals surface area contributed by atoms with E-state index in [1.54, 1.807) is 14.2 Å². The lowest BCUT2D eigenvalue weighted by Crippen LogP contribution is -2.14. The van der Waals surface area contributed by atoms with E-state index in [4.69, 9.17) is 19.9 Å². The van der Waals surface area contributed by atoms with Gasteiger partial charge in [-0.3, -0.25) is 9.59 Å². The summed E-state index contributed by atoms with van der Waals surface area (Å²) in [4.78, 5) is 24.5. The van der Waals surface area contributed by atoms with Gasteiger partial charge in [0, 0.05) is 23.5 Å². The number of nitrogens with zero attached hydrogens (tertiary/aromatic N) is 1. The van der Waals surface area contributed by atoms with Gasteiger partial charge < -0.3 is 24.5 Å². The van der Waals surface area contributed by atoms with Crippen LogP contribution in [0.3, 0.4) is 0 Å². The molecule has 2 N–H and O–H groups in total. The number of carbonyl (C=O) groups is 2. The summed E-state index contributed by atoms with van der Waals surface area (Å²) in [6.45, 7) is 4.51. The van der Waals surface area contributed by atoms with Gasteiger partial charge in [0.15, 0.2) is 11.5 Å². The van der Waals surface area contributed by atoms with Crippen LogP contribution < -0.4 is 15.2 Å². The highest BCUT2D eigenvalue weighted by atomic mass is 16.5. The van der Waals surface area contributed by atoms with Crippen molar-refractivity contribution in [2.24, 2.45) is 5.73 Å². The second kappa shape index (κ2) is 10.9. The van der Waals surface area contributed by atoms with E-state index in [1.165, 1.54) is 7.11 Å². The number of hydrogen-bond donors (Lipinski definition) is 1. The molecule has 0 aliphatic heterocycles. The molecule has 1 aromatic heterocycles. The molecule has 0 fully saturated rings. The molecule has 0 radical (unpaired) electrons. The second-order valence-corrected chi connectivity index (χ2v) is 8.18. The Balaban J connectivity index is 2.07. The van der Waals surface area contributed by atoms with Crippen molar-refractivity contribution in [3.8, 4) is 22.6 Å². The summed E-state index contributed by atoms with van der Waals surface area (Å²) in [6, 6.07) is 13.8. The Kier molecular flexibility index (Phi) is 7.99. The van der Waals surface area contributed by atoms with Crippen LogP contribution in [-0.2, 0) is 28.9 Å². The number of ether oxygens (including phenoxy) is 3. The number of nitrogens with two attached hydrogens (primary N) is 1. The topological polar surface area (TPSA) is 92.8 Å². The SMILES string of the molecule is COC(=O)CCc1c(-c2ccc(C)cc2)c(C(N)=O)c(C)n1CCc1ccc(OC)c(OC)c1. The van der Waals surface area contributed by atoms with Crippen LogP contribution in [-0.4, -0.2) is 37.8 Å². The first kappa shape index (κ1) is 24.9. The van der Waals surface area contributed by atoms with E-state index < -0.39 is 5.91 Å². The number of aromatic nitrogens is 1. The number of esters is 1. The standard InChI is InChI=1S/C27H32N2O5/c1-17-6-9-20(10-7-17)26-21(11-13-24(30)34-5)29(18(2)25(26)27(28)31)15-14-19-8-12-22(32-3)23(16-19)33-4/h6-10,12,16H,11,13-15H2,1-5H3,(H2,28,31). The van der Waals surface area contributed by atoms with Crippen molar-refractivity contribution in [1.82, 2.24) is 4.57 Å². The minimum atomic E-state index is -0.489. The number of rotatable bonds is 10. The molecule has 7 heteroatoms. The monoisotopic (exact) mass is 464 g/mol. The number of aryl methyl sites for hydroxylation is 2. The molecule has 1 amide bonds. The van der Waals surface area contributed by atoms with E-state index in [2.05, 4.69) is 4.57 Å². The van der Waals surface area contributed by atoms with Gasteiger partial charge in [-0.05, 0) is 49.9 Å². The number of hydrogen-bond acceptors (Lipinski definition) is 5. The van der Waals surface area contributed by atoms with Crippen LogP contribution in [0.15, 0.2) is 42.5 Å². The number of methoxy groups -OCH3 is 3. The summed E-state index contributed by atoms with van der Waals surface area (Å²) in [5.41, 5.74) is 11.9. The molecule has 1 heterocycles. The maximum Gasteiger partial charge on any atom is 0.305 e. The molecule has 0 saturated carbocycles. The van der Waals surface area contributed by atoms with Crippen LogP contribution in [0.5, 0.6) is 11.5 Å². The molecule has 3 aromatic rings. The molecule has 0 aliphatic rings. The first-order valence-electron chi connectivity index (χ1n) is 11.2. The average molecular weight is 465 g/mol. The summed E-state index contributed by atoms with van der Waals surface area (Å²) in [5, 5.41) is 0. The molecule has 7 nitrogen and oxygen atoms in total. The lowest BCUT2D eigenvalue weighted by Gasteiger charge is -2.14. The Bertz CT molecular complexity index is 1180. The summed E-state index contributed by atoms with van der Waals surface area (Å²) < 4.78 is 17.7. The lowest BCUT2D eigenvalue weighted by atomic mass is 9.97. The molecule has 2 aromatic carbocycles. The Morgan fingerprint density at radius 3 is 2.18 bits per heavy atom. The number of carbonyl (C=O) groups excluding carboxylic acids is 2. The molecule has 0 spiro atoms. The first-order valence-corrected chi connectivity index (χ1v) is 11.2. The summed E-state index contributed by atoms with van der Waals surface area (Å²) in [7, 11) is 4.58. The van der Waals surface area contributed by atoms with Crippen molar-refractivity contribution in [3.63, 3.8) is 0 Å². The van der Waals surface area contributed by atoms with Gasteiger partial charge >= 0.3 is 5.97 Å². The minimum Gasteiger partial charge on any atom is -0.493 e. The van der Waals surface area contributed by atoms with Gasteiger partial charge in [-0.1, -0.05) is 35.9 Å². The Morgan fingerprint density at radius 2 is 1.59 bits per heavy atom. The minimum absolute atomic E-state index is 0.202. The fourth-order valence-electron chi connectivity index (χ4n) is 4.29. The van der Waals surface area contributed by atoms with Gasteiger partial charge in [-0.25, -0.2) is 0 Å². The van der Waals surface area contributed by atoms with E-state index in [1.807, 2.05) is 56.3 Å². The molecular formula is C27H32N2O5. The lowest BCUT2D eigenvalue weighted by molar-refractivity contribution is -0.140.